The summed E-state index contributed by atoms with van der Waals surface area (Å²) >= 11 is 3.89. The third-order valence-electron chi connectivity index (χ3n) is 1.08. The van der Waals surface area contributed by atoms with Crippen LogP contribution in [0.25, 0.3) is 0 Å². The van der Waals surface area contributed by atoms with Crippen molar-refractivity contribution in [2.75, 3.05) is 0 Å². The normalized spacial score (nSPS) is 14.8. The molecule has 7 heteroatoms. The Labute approximate surface area is 78.2 Å². The molecular formula is C5H3BrF3NOS. The lowest BCUT2D eigenvalue weighted by atomic mass is 10.3. The lowest BCUT2D eigenvalue weighted by Gasteiger charge is -2.11. The Morgan fingerprint density at radius 2 is 2.17 bits per heavy atom. The van der Waals surface area contributed by atoms with Gasteiger partial charge >= 0.3 is 6.18 Å². The lowest BCUT2D eigenvalue weighted by Crippen LogP contribution is -2.20. The number of aliphatic hydroxyl groups excluding tert-OH is 1. The van der Waals surface area contributed by atoms with Gasteiger partial charge in [0.05, 0.1) is 5.69 Å². The van der Waals surface area contributed by atoms with Crippen LogP contribution in [0.15, 0.2) is 9.30 Å². The van der Waals surface area contributed by atoms with Gasteiger partial charge in [0.2, 0.25) is 0 Å². The van der Waals surface area contributed by atoms with Gasteiger partial charge in [0.1, 0.15) is 0 Å². The molecule has 1 rings (SSSR count). The van der Waals surface area contributed by atoms with Gasteiger partial charge in [-0.05, 0) is 15.9 Å². The van der Waals surface area contributed by atoms with E-state index in [1.165, 1.54) is 0 Å². The predicted octanol–water partition coefficient (Wildman–Crippen LogP) is 2.50. The summed E-state index contributed by atoms with van der Waals surface area (Å²) in [6, 6.07) is 0. The van der Waals surface area contributed by atoms with Crippen LogP contribution in [0.1, 0.15) is 11.8 Å². The molecular weight excluding hydrogens is 259 g/mol. The second-order valence-corrected chi connectivity index (χ2v) is 4.10. The maximum Gasteiger partial charge on any atom is 0.420 e. The maximum atomic E-state index is 11.8. The van der Waals surface area contributed by atoms with Crippen molar-refractivity contribution < 1.29 is 18.3 Å². The molecule has 1 heterocycles. The fourth-order valence-corrected chi connectivity index (χ4v) is 1.60. The molecule has 0 saturated carbocycles. The van der Waals surface area contributed by atoms with Crippen LogP contribution in [0.2, 0.25) is 0 Å². The summed E-state index contributed by atoms with van der Waals surface area (Å²) in [6.07, 6.45) is -7.13. The summed E-state index contributed by atoms with van der Waals surface area (Å²) in [4.78, 5) is 3.44. The number of aliphatic hydroxyl groups is 1. The molecule has 0 fully saturated rings. The van der Waals surface area contributed by atoms with Crippen molar-refractivity contribution in [3.8, 4) is 0 Å². The number of alkyl halides is 3. The Balaban J connectivity index is 2.85. The molecule has 0 amide bonds. The fourth-order valence-electron chi connectivity index (χ4n) is 0.556. The number of hydrogen-bond donors (Lipinski definition) is 1. The third kappa shape index (κ3) is 2.18. The molecule has 0 bridgehead atoms. The first kappa shape index (κ1) is 9.94. The summed E-state index contributed by atoms with van der Waals surface area (Å²) in [7, 11) is 0. The molecule has 1 N–H and O–H groups in total. The van der Waals surface area contributed by atoms with E-state index in [9.17, 15) is 13.2 Å². The quantitative estimate of drug-likeness (QED) is 0.843. The Kier molecular flexibility index (Phi) is 2.74. The molecule has 0 unspecified atom stereocenters. The van der Waals surface area contributed by atoms with Crippen molar-refractivity contribution in [3.63, 3.8) is 0 Å². The number of halogens is 4. The van der Waals surface area contributed by atoms with Crippen LogP contribution in [-0.2, 0) is 0 Å². The van der Waals surface area contributed by atoms with E-state index in [1.54, 1.807) is 0 Å². The second-order valence-electron chi connectivity index (χ2n) is 1.97. The fraction of sp³-hybridized carbons (Fsp3) is 0.400. The van der Waals surface area contributed by atoms with Crippen molar-refractivity contribution >= 4 is 27.3 Å². The number of thiazole rings is 1. The van der Waals surface area contributed by atoms with Crippen LogP contribution < -0.4 is 0 Å². The Morgan fingerprint density at radius 1 is 1.58 bits per heavy atom. The van der Waals surface area contributed by atoms with Crippen molar-refractivity contribution in [1.29, 1.82) is 0 Å². The van der Waals surface area contributed by atoms with Gasteiger partial charge in [-0.2, -0.15) is 13.2 Å². The molecule has 0 aliphatic heterocycles. The Bertz CT molecular complexity index is 274. The minimum absolute atomic E-state index is 0.320. The van der Waals surface area contributed by atoms with Crippen LogP contribution in [-0.4, -0.2) is 16.3 Å². The SMILES string of the molecule is O[C@H](c1csc(Br)n1)C(F)(F)F. The molecule has 2 nitrogen and oxygen atoms in total. The minimum Gasteiger partial charge on any atom is -0.378 e. The van der Waals surface area contributed by atoms with Crippen molar-refractivity contribution in [3.05, 3.63) is 15.0 Å². The van der Waals surface area contributed by atoms with E-state index in [0.29, 0.717) is 3.92 Å². The lowest BCUT2D eigenvalue weighted by molar-refractivity contribution is -0.207. The molecule has 1 aromatic heterocycles. The van der Waals surface area contributed by atoms with Crippen molar-refractivity contribution in [1.82, 2.24) is 4.98 Å². The molecule has 0 radical (unpaired) electrons. The summed E-state index contributed by atoms with van der Waals surface area (Å²) in [5.74, 6) is 0. The predicted molar refractivity (Wildman–Crippen MR) is 40.8 cm³/mol. The van der Waals surface area contributed by atoms with E-state index in [4.69, 9.17) is 5.11 Å². The first-order chi connectivity index (χ1) is 5.41. The van der Waals surface area contributed by atoms with Crippen LogP contribution >= 0.6 is 27.3 Å². The number of nitrogens with zero attached hydrogens (tertiary/aromatic N) is 1. The van der Waals surface area contributed by atoms with Crippen LogP contribution in [0.5, 0.6) is 0 Å². The van der Waals surface area contributed by atoms with E-state index < -0.39 is 12.3 Å². The van der Waals surface area contributed by atoms with Gasteiger partial charge in [-0.3, -0.25) is 0 Å². The molecule has 1 aromatic rings. The molecule has 12 heavy (non-hydrogen) atoms. The minimum atomic E-state index is -4.65. The zero-order chi connectivity index (χ0) is 9.35. The first-order valence-corrected chi connectivity index (χ1v) is 4.44. The van der Waals surface area contributed by atoms with Gasteiger partial charge in [0, 0.05) is 5.38 Å². The standard InChI is InChI=1S/C5H3BrF3NOS/c6-4-10-2(1-12-4)3(11)5(7,8)9/h1,3,11H/t3-/m1/s1. The van der Waals surface area contributed by atoms with Crippen molar-refractivity contribution in [2.24, 2.45) is 0 Å². The molecule has 0 aromatic carbocycles. The van der Waals surface area contributed by atoms with Gasteiger partial charge in [-0.25, -0.2) is 4.98 Å². The number of aromatic nitrogens is 1. The van der Waals surface area contributed by atoms with E-state index in [-0.39, 0.29) is 5.69 Å². The van der Waals surface area contributed by atoms with Gasteiger partial charge in [-0.1, -0.05) is 0 Å². The maximum absolute atomic E-state index is 11.8. The topological polar surface area (TPSA) is 33.1 Å². The Morgan fingerprint density at radius 3 is 2.50 bits per heavy atom. The van der Waals surface area contributed by atoms with Gasteiger partial charge < -0.3 is 5.11 Å². The van der Waals surface area contributed by atoms with Gasteiger partial charge in [0.25, 0.3) is 0 Å². The molecule has 0 spiro atoms. The summed E-state index contributed by atoms with van der Waals surface area (Å²) in [6.45, 7) is 0. The second kappa shape index (κ2) is 3.31. The van der Waals surface area contributed by atoms with Gasteiger partial charge in [0.15, 0.2) is 10.0 Å². The van der Waals surface area contributed by atoms with E-state index in [0.717, 1.165) is 16.7 Å². The van der Waals surface area contributed by atoms with Crippen LogP contribution in [0, 0.1) is 0 Å². The Hall–Kier alpha value is -0.140. The zero-order valence-corrected chi connectivity index (χ0v) is 7.87. The van der Waals surface area contributed by atoms with E-state index in [1.807, 2.05) is 0 Å². The highest BCUT2D eigenvalue weighted by Crippen LogP contribution is 2.33. The largest absolute Gasteiger partial charge is 0.420 e. The third-order valence-corrected chi connectivity index (χ3v) is 2.47. The van der Waals surface area contributed by atoms with Crippen LogP contribution in [0.3, 0.4) is 0 Å². The number of rotatable bonds is 1. The number of hydrogen-bond acceptors (Lipinski definition) is 3. The monoisotopic (exact) mass is 261 g/mol. The summed E-state index contributed by atoms with van der Waals surface area (Å²) in [5.41, 5.74) is -0.376. The summed E-state index contributed by atoms with van der Waals surface area (Å²) in [5, 5.41) is 9.82. The van der Waals surface area contributed by atoms with Gasteiger partial charge in [-0.15, -0.1) is 11.3 Å². The first-order valence-electron chi connectivity index (χ1n) is 2.77. The van der Waals surface area contributed by atoms with E-state index in [2.05, 4.69) is 20.9 Å². The average Bonchev–Trinajstić information content (AvgIpc) is 2.32. The molecule has 0 aliphatic rings. The van der Waals surface area contributed by atoms with E-state index >= 15 is 0 Å². The smallest absolute Gasteiger partial charge is 0.378 e. The van der Waals surface area contributed by atoms with Crippen molar-refractivity contribution in [2.45, 2.75) is 12.3 Å². The van der Waals surface area contributed by atoms with Crippen LogP contribution in [0.4, 0.5) is 13.2 Å². The highest BCUT2D eigenvalue weighted by molar-refractivity contribution is 9.11. The molecule has 68 valence electrons. The highest BCUT2D eigenvalue weighted by atomic mass is 79.9. The molecule has 1 atom stereocenters. The molecule has 0 aliphatic carbocycles. The highest BCUT2D eigenvalue weighted by Gasteiger charge is 2.40. The zero-order valence-electron chi connectivity index (χ0n) is 5.47. The molecule has 0 saturated heterocycles. The average molecular weight is 262 g/mol. The summed E-state index contributed by atoms with van der Waals surface area (Å²) < 4.78 is 35.9.